The van der Waals surface area contributed by atoms with E-state index in [2.05, 4.69) is 9.97 Å². The Bertz CT molecular complexity index is 1280. The molecule has 1 aliphatic rings. The van der Waals surface area contributed by atoms with Crippen LogP contribution in [0.2, 0.25) is 0 Å². The molecule has 33 heavy (non-hydrogen) atoms. The molecule has 5 rings (SSSR count). The highest BCUT2D eigenvalue weighted by Gasteiger charge is 2.26. The number of amides is 1. The number of nitrogens with one attached hydrogen (secondary N) is 1. The lowest BCUT2D eigenvalue weighted by Crippen LogP contribution is -2.41. The first-order valence-electron chi connectivity index (χ1n) is 11.2. The Labute approximate surface area is 191 Å². The van der Waals surface area contributed by atoms with E-state index in [1.165, 1.54) is 0 Å². The average molecular weight is 444 g/mol. The van der Waals surface area contributed by atoms with Gasteiger partial charge in [0.05, 0.1) is 18.3 Å². The lowest BCUT2D eigenvalue weighted by molar-refractivity contribution is 0.0323. The van der Waals surface area contributed by atoms with E-state index in [4.69, 9.17) is 9.47 Å². The molecule has 0 saturated carbocycles. The molecule has 0 aliphatic carbocycles. The summed E-state index contributed by atoms with van der Waals surface area (Å²) in [4.78, 5) is 34.4. The third-order valence-electron chi connectivity index (χ3n) is 6.03. The molecule has 0 unspecified atom stereocenters. The number of nitrogens with zero attached hydrogens (tertiary/aromatic N) is 2. The second-order valence-electron chi connectivity index (χ2n) is 8.38. The lowest BCUT2D eigenvalue weighted by Gasteiger charge is -2.31. The molecule has 1 fully saturated rings. The summed E-state index contributed by atoms with van der Waals surface area (Å²) in [6.07, 6.45) is 3.07. The van der Waals surface area contributed by atoms with Gasteiger partial charge in [-0.25, -0.2) is 14.6 Å². The molecule has 0 radical (unpaired) electrons. The van der Waals surface area contributed by atoms with Crippen molar-refractivity contribution in [3.8, 4) is 0 Å². The van der Waals surface area contributed by atoms with E-state index in [-0.39, 0.29) is 30.9 Å². The van der Waals surface area contributed by atoms with Gasteiger partial charge in [-0.1, -0.05) is 48.5 Å². The van der Waals surface area contributed by atoms with E-state index >= 15 is 0 Å². The summed E-state index contributed by atoms with van der Waals surface area (Å²) < 4.78 is 11.0. The third kappa shape index (κ3) is 4.67. The summed E-state index contributed by atoms with van der Waals surface area (Å²) in [5, 5.41) is 1.98. The number of likely N-dealkylation sites (tertiary alicyclic amines) is 1. The summed E-state index contributed by atoms with van der Waals surface area (Å²) in [6, 6.07) is 19.3. The second-order valence-corrected chi connectivity index (χ2v) is 8.38. The van der Waals surface area contributed by atoms with Crippen LogP contribution in [0.5, 0.6) is 0 Å². The standard InChI is InChI=1S/C26H25N3O4/c30-25(23-13-21-20-10-4-5-11-22(20)28-24(21)14-27-23)32-17-19-9-6-12-29(15-19)26(31)33-16-18-7-2-1-3-8-18/h1-5,7-8,10-11,13-14,19,28H,6,9,12,15-17H2/t19-/m1/s1. The number of carbonyl (C=O) groups excluding carboxylic acids is 2. The van der Waals surface area contributed by atoms with Crippen LogP contribution in [-0.4, -0.2) is 46.6 Å². The molecule has 3 heterocycles. The van der Waals surface area contributed by atoms with Crippen LogP contribution in [0.1, 0.15) is 28.9 Å². The predicted molar refractivity (Wildman–Crippen MR) is 125 cm³/mol. The Kier molecular flexibility index (Phi) is 5.93. The van der Waals surface area contributed by atoms with Gasteiger partial charge in [0.2, 0.25) is 0 Å². The summed E-state index contributed by atoms with van der Waals surface area (Å²) in [6.45, 7) is 1.65. The van der Waals surface area contributed by atoms with Crippen LogP contribution in [0.15, 0.2) is 66.9 Å². The summed E-state index contributed by atoms with van der Waals surface area (Å²) in [5.41, 5.74) is 3.11. The van der Waals surface area contributed by atoms with Gasteiger partial charge in [0.1, 0.15) is 12.3 Å². The number of carbonyl (C=O) groups is 2. The van der Waals surface area contributed by atoms with Gasteiger partial charge in [0.15, 0.2) is 0 Å². The van der Waals surface area contributed by atoms with Crippen molar-refractivity contribution in [2.75, 3.05) is 19.7 Å². The molecular weight excluding hydrogens is 418 g/mol. The van der Waals surface area contributed by atoms with Crippen molar-refractivity contribution in [2.45, 2.75) is 19.4 Å². The van der Waals surface area contributed by atoms with Crippen LogP contribution < -0.4 is 0 Å². The fraction of sp³-hybridized carbons (Fsp3) is 0.269. The topological polar surface area (TPSA) is 84.5 Å². The number of H-pyrrole nitrogens is 1. The number of hydrogen-bond acceptors (Lipinski definition) is 5. The normalized spacial score (nSPS) is 16.1. The fourth-order valence-corrected chi connectivity index (χ4v) is 4.31. The first-order chi connectivity index (χ1) is 16.2. The van der Waals surface area contributed by atoms with Gasteiger partial charge < -0.3 is 19.4 Å². The minimum atomic E-state index is -0.453. The Morgan fingerprint density at radius 2 is 1.82 bits per heavy atom. The van der Waals surface area contributed by atoms with Crippen LogP contribution in [0.25, 0.3) is 21.8 Å². The molecule has 7 heteroatoms. The summed E-state index contributed by atoms with van der Waals surface area (Å²) in [7, 11) is 0. The molecule has 1 amide bonds. The predicted octanol–water partition coefficient (Wildman–Crippen LogP) is 4.92. The fourth-order valence-electron chi connectivity index (χ4n) is 4.31. The van der Waals surface area contributed by atoms with Gasteiger partial charge >= 0.3 is 12.1 Å². The number of hydrogen-bond donors (Lipinski definition) is 1. The van der Waals surface area contributed by atoms with Crippen molar-refractivity contribution in [1.82, 2.24) is 14.9 Å². The quantitative estimate of drug-likeness (QED) is 0.443. The summed E-state index contributed by atoms with van der Waals surface area (Å²) >= 11 is 0. The first-order valence-corrected chi connectivity index (χ1v) is 11.2. The molecule has 1 atom stereocenters. The number of aromatic amines is 1. The van der Waals surface area contributed by atoms with Crippen LogP contribution in [0.3, 0.4) is 0 Å². The highest BCUT2D eigenvalue weighted by Crippen LogP contribution is 2.25. The Morgan fingerprint density at radius 3 is 2.70 bits per heavy atom. The van der Waals surface area contributed by atoms with Crippen molar-refractivity contribution in [3.63, 3.8) is 0 Å². The van der Waals surface area contributed by atoms with Crippen LogP contribution >= 0.6 is 0 Å². The number of para-hydroxylation sites is 1. The number of aromatic nitrogens is 2. The second kappa shape index (κ2) is 9.32. The largest absolute Gasteiger partial charge is 0.461 e. The number of pyridine rings is 1. The minimum absolute atomic E-state index is 0.0730. The van der Waals surface area contributed by atoms with E-state index in [9.17, 15) is 9.59 Å². The van der Waals surface area contributed by atoms with E-state index in [0.717, 1.165) is 40.2 Å². The van der Waals surface area contributed by atoms with Gasteiger partial charge in [-0.15, -0.1) is 0 Å². The molecule has 0 spiro atoms. The SMILES string of the molecule is O=C(OC[C@@H]1CCCN(C(=O)OCc2ccccc2)C1)c1cc2c(cn1)[nH]c1ccccc12. The average Bonchev–Trinajstić information content (AvgIpc) is 3.24. The van der Waals surface area contributed by atoms with Crippen molar-refractivity contribution in [3.05, 3.63) is 78.1 Å². The number of esters is 1. The maximum Gasteiger partial charge on any atom is 0.410 e. The van der Waals surface area contributed by atoms with Crippen molar-refractivity contribution >= 4 is 33.9 Å². The smallest absolute Gasteiger partial charge is 0.410 e. The zero-order valence-electron chi connectivity index (χ0n) is 18.2. The zero-order valence-corrected chi connectivity index (χ0v) is 18.2. The van der Waals surface area contributed by atoms with E-state index in [1.807, 2.05) is 54.6 Å². The maximum atomic E-state index is 12.7. The molecule has 2 aromatic carbocycles. The van der Waals surface area contributed by atoms with Crippen molar-refractivity contribution in [2.24, 2.45) is 5.92 Å². The number of rotatable bonds is 5. The first kappa shape index (κ1) is 21.0. The minimum Gasteiger partial charge on any atom is -0.461 e. The third-order valence-corrected chi connectivity index (χ3v) is 6.03. The van der Waals surface area contributed by atoms with E-state index < -0.39 is 5.97 Å². The molecule has 1 saturated heterocycles. The number of ether oxygens (including phenoxy) is 2. The van der Waals surface area contributed by atoms with Gasteiger partial charge in [0.25, 0.3) is 0 Å². The van der Waals surface area contributed by atoms with Crippen molar-refractivity contribution in [1.29, 1.82) is 0 Å². The molecule has 2 aromatic heterocycles. The highest BCUT2D eigenvalue weighted by molar-refractivity contribution is 6.08. The zero-order chi connectivity index (χ0) is 22.6. The van der Waals surface area contributed by atoms with Gasteiger partial charge in [0, 0.05) is 35.3 Å². The van der Waals surface area contributed by atoms with Crippen LogP contribution in [0, 0.1) is 5.92 Å². The number of fused-ring (bicyclic) bond motifs is 3. The molecule has 0 bridgehead atoms. The Hall–Kier alpha value is -3.87. The van der Waals surface area contributed by atoms with Crippen molar-refractivity contribution < 1.29 is 19.1 Å². The number of piperidine rings is 1. The van der Waals surface area contributed by atoms with E-state index in [1.54, 1.807) is 17.2 Å². The van der Waals surface area contributed by atoms with E-state index in [0.29, 0.717) is 13.1 Å². The van der Waals surface area contributed by atoms with Crippen LogP contribution in [0.4, 0.5) is 4.79 Å². The van der Waals surface area contributed by atoms with Crippen LogP contribution in [-0.2, 0) is 16.1 Å². The highest BCUT2D eigenvalue weighted by atomic mass is 16.6. The molecular formula is C26H25N3O4. The molecule has 168 valence electrons. The molecule has 4 aromatic rings. The van der Waals surface area contributed by atoms with Gasteiger partial charge in [-0.3, -0.25) is 0 Å². The lowest BCUT2D eigenvalue weighted by atomic mass is 9.99. The Morgan fingerprint density at radius 1 is 1.00 bits per heavy atom. The monoisotopic (exact) mass is 443 g/mol. The molecule has 1 N–H and O–H groups in total. The van der Waals surface area contributed by atoms with Gasteiger partial charge in [-0.2, -0.15) is 0 Å². The maximum absolute atomic E-state index is 12.7. The summed E-state index contributed by atoms with van der Waals surface area (Å²) in [5.74, 6) is -0.380. The molecule has 7 nitrogen and oxygen atoms in total. The molecule has 1 aliphatic heterocycles. The Balaban J connectivity index is 1.17. The number of benzene rings is 2. The van der Waals surface area contributed by atoms with Gasteiger partial charge in [-0.05, 0) is 30.5 Å².